The van der Waals surface area contributed by atoms with Gasteiger partial charge in [-0.15, -0.1) is 0 Å². The Morgan fingerprint density at radius 1 is 1.33 bits per heavy atom. The third-order valence-corrected chi connectivity index (χ3v) is 4.79. The van der Waals surface area contributed by atoms with Gasteiger partial charge in [0, 0.05) is 6.04 Å². The van der Waals surface area contributed by atoms with Crippen molar-refractivity contribution in [3.63, 3.8) is 0 Å². The quantitative estimate of drug-likeness (QED) is 0.858. The highest BCUT2D eigenvalue weighted by Crippen LogP contribution is 2.56. The largest absolute Gasteiger partial charge is 0.496 e. The average Bonchev–Trinajstić information content (AvgIpc) is 2.42. The zero-order valence-corrected chi connectivity index (χ0v) is 12.0. The molecule has 1 aliphatic carbocycles. The van der Waals surface area contributed by atoms with Crippen molar-refractivity contribution >= 4 is 0 Å². The topological polar surface area (TPSA) is 21.3 Å². The van der Waals surface area contributed by atoms with E-state index in [2.05, 4.69) is 44.3 Å². The summed E-state index contributed by atoms with van der Waals surface area (Å²) in [5, 5.41) is 3.62. The van der Waals surface area contributed by atoms with Gasteiger partial charge in [-0.1, -0.05) is 39.0 Å². The van der Waals surface area contributed by atoms with Gasteiger partial charge in [0.2, 0.25) is 0 Å². The molecule has 18 heavy (non-hydrogen) atoms. The molecule has 1 aromatic rings. The molecule has 0 aromatic heterocycles. The van der Waals surface area contributed by atoms with Gasteiger partial charge in [0.15, 0.2) is 0 Å². The van der Waals surface area contributed by atoms with Crippen molar-refractivity contribution in [3.05, 3.63) is 29.8 Å². The summed E-state index contributed by atoms with van der Waals surface area (Å²) in [4.78, 5) is 0. The highest BCUT2D eigenvalue weighted by Gasteiger charge is 2.51. The smallest absolute Gasteiger partial charge is 0.122 e. The zero-order chi connectivity index (χ0) is 13.2. The molecule has 1 fully saturated rings. The van der Waals surface area contributed by atoms with Crippen LogP contribution in [0.1, 0.15) is 45.1 Å². The van der Waals surface area contributed by atoms with Crippen LogP contribution in [0, 0.1) is 5.41 Å². The Morgan fingerprint density at radius 3 is 2.67 bits per heavy atom. The Labute approximate surface area is 111 Å². The normalized spacial score (nSPS) is 30.9. The molecule has 0 amide bonds. The molecule has 2 nitrogen and oxygen atoms in total. The lowest BCUT2D eigenvalue weighted by atomic mass is 9.54. The maximum absolute atomic E-state index is 5.51. The fourth-order valence-corrected chi connectivity index (χ4v) is 3.35. The summed E-state index contributed by atoms with van der Waals surface area (Å²) in [5.74, 6) is 1.65. The Balaban J connectivity index is 2.24. The summed E-state index contributed by atoms with van der Waals surface area (Å²) in [6, 6.07) is 9.11. The first kappa shape index (κ1) is 13.4. The Morgan fingerprint density at radius 2 is 2.06 bits per heavy atom. The minimum absolute atomic E-state index is 0.352. The van der Waals surface area contributed by atoms with E-state index in [4.69, 9.17) is 4.74 Å². The molecule has 1 aromatic carbocycles. The van der Waals surface area contributed by atoms with Crippen molar-refractivity contribution in [3.8, 4) is 5.75 Å². The van der Waals surface area contributed by atoms with E-state index >= 15 is 0 Å². The number of para-hydroxylation sites is 1. The molecule has 0 heterocycles. The Bertz CT molecular complexity index is 404. The number of hydrogen-bond donors (Lipinski definition) is 1. The number of rotatable bonds is 5. The van der Waals surface area contributed by atoms with Crippen LogP contribution >= 0.6 is 0 Å². The lowest BCUT2D eigenvalue weighted by Crippen LogP contribution is -2.56. The van der Waals surface area contributed by atoms with Crippen molar-refractivity contribution in [1.29, 1.82) is 0 Å². The highest BCUT2D eigenvalue weighted by molar-refractivity contribution is 5.40. The first-order chi connectivity index (χ1) is 8.67. The predicted octanol–water partition coefficient (Wildman–Crippen LogP) is 3.58. The van der Waals surface area contributed by atoms with Crippen molar-refractivity contribution in [1.82, 2.24) is 5.32 Å². The van der Waals surface area contributed by atoms with Gasteiger partial charge in [0.25, 0.3) is 0 Å². The minimum atomic E-state index is 0.352. The van der Waals surface area contributed by atoms with E-state index in [0.717, 1.165) is 12.3 Å². The van der Waals surface area contributed by atoms with E-state index in [1.807, 2.05) is 6.07 Å². The van der Waals surface area contributed by atoms with Crippen LogP contribution in [0.15, 0.2) is 24.3 Å². The summed E-state index contributed by atoms with van der Waals surface area (Å²) in [6.07, 6.45) is 2.42. The van der Waals surface area contributed by atoms with Crippen LogP contribution in [0.5, 0.6) is 5.75 Å². The van der Waals surface area contributed by atoms with Crippen LogP contribution in [0.25, 0.3) is 0 Å². The van der Waals surface area contributed by atoms with Crippen LogP contribution in [0.4, 0.5) is 0 Å². The maximum atomic E-state index is 5.51. The summed E-state index contributed by atoms with van der Waals surface area (Å²) >= 11 is 0. The van der Waals surface area contributed by atoms with Crippen molar-refractivity contribution in [2.24, 2.45) is 5.41 Å². The van der Waals surface area contributed by atoms with Gasteiger partial charge in [-0.25, -0.2) is 0 Å². The van der Waals surface area contributed by atoms with E-state index in [-0.39, 0.29) is 0 Å². The van der Waals surface area contributed by atoms with Crippen LogP contribution in [-0.4, -0.2) is 19.7 Å². The van der Waals surface area contributed by atoms with Crippen molar-refractivity contribution < 1.29 is 4.74 Å². The molecular formula is C16H25NO. The molecule has 1 saturated carbocycles. The lowest BCUT2D eigenvalue weighted by Gasteiger charge is -2.55. The fourth-order valence-electron chi connectivity index (χ4n) is 3.35. The lowest BCUT2D eigenvalue weighted by molar-refractivity contribution is 0.0441. The van der Waals surface area contributed by atoms with Gasteiger partial charge in [0.05, 0.1) is 7.11 Å². The summed E-state index contributed by atoms with van der Waals surface area (Å²) in [6.45, 7) is 7.94. The predicted molar refractivity (Wildman–Crippen MR) is 76.2 cm³/mol. The first-order valence-corrected chi connectivity index (χ1v) is 7.03. The van der Waals surface area contributed by atoms with Crippen LogP contribution in [0.3, 0.4) is 0 Å². The molecular weight excluding hydrogens is 222 g/mol. The monoisotopic (exact) mass is 247 g/mol. The molecule has 0 saturated heterocycles. The van der Waals surface area contributed by atoms with Crippen molar-refractivity contribution in [2.45, 2.75) is 45.6 Å². The fraction of sp³-hybridized carbons (Fsp3) is 0.625. The molecule has 2 rings (SSSR count). The second kappa shape index (κ2) is 5.31. The molecule has 0 radical (unpaired) electrons. The van der Waals surface area contributed by atoms with Gasteiger partial charge in [-0.2, -0.15) is 0 Å². The van der Waals surface area contributed by atoms with Crippen molar-refractivity contribution in [2.75, 3.05) is 13.7 Å². The highest BCUT2D eigenvalue weighted by atomic mass is 16.5. The van der Waals surface area contributed by atoms with E-state index in [9.17, 15) is 0 Å². The Hall–Kier alpha value is -1.02. The third kappa shape index (κ3) is 2.03. The maximum Gasteiger partial charge on any atom is 0.122 e. The van der Waals surface area contributed by atoms with Gasteiger partial charge in [-0.3, -0.25) is 0 Å². The SMILES string of the molecule is CCNC1CC(c2ccccc2OC)C1(C)CC. The molecule has 3 unspecified atom stereocenters. The molecule has 2 heteroatoms. The number of hydrogen-bond acceptors (Lipinski definition) is 2. The van der Waals surface area contributed by atoms with E-state index < -0.39 is 0 Å². The number of benzene rings is 1. The minimum Gasteiger partial charge on any atom is -0.496 e. The van der Waals surface area contributed by atoms with Gasteiger partial charge in [0.1, 0.15) is 5.75 Å². The van der Waals surface area contributed by atoms with E-state index in [0.29, 0.717) is 17.4 Å². The summed E-state index contributed by atoms with van der Waals surface area (Å²) in [7, 11) is 1.77. The molecule has 0 bridgehead atoms. The molecule has 100 valence electrons. The standard InChI is InChI=1S/C16H25NO/c1-5-16(3)13(11-15(16)17-6-2)12-9-7-8-10-14(12)18-4/h7-10,13,15,17H,5-6,11H2,1-4H3. The van der Waals surface area contributed by atoms with Crippen LogP contribution in [0.2, 0.25) is 0 Å². The third-order valence-electron chi connectivity index (χ3n) is 4.79. The second-order valence-corrected chi connectivity index (χ2v) is 5.50. The van der Waals surface area contributed by atoms with Crippen LogP contribution in [-0.2, 0) is 0 Å². The van der Waals surface area contributed by atoms with Crippen LogP contribution < -0.4 is 10.1 Å². The van der Waals surface area contributed by atoms with Gasteiger partial charge in [-0.05, 0) is 42.3 Å². The average molecular weight is 247 g/mol. The number of nitrogens with one attached hydrogen (secondary N) is 1. The number of ether oxygens (including phenoxy) is 1. The van der Waals surface area contributed by atoms with Gasteiger partial charge < -0.3 is 10.1 Å². The Kier molecular flexibility index (Phi) is 3.96. The summed E-state index contributed by atoms with van der Waals surface area (Å²) < 4.78 is 5.51. The molecule has 1 aliphatic rings. The zero-order valence-electron chi connectivity index (χ0n) is 12.0. The molecule has 1 N–H and O–H groups in total. The second-order valence-electron chi connectivity index (χ2n) is 5.50. The molecule has 3 atom stereocenters. The molecule has 0 spiro atoms. The molecule has 0 aliphatic heterocycles. The number of methoxy groups -OCH3 is 1. The first-order valence-electron chi connectivity index (χ1n) is 7.03. The van der Waals surface area contributed by atoms with E-state index in [1.165, 1.54) is 18.4 Å². The van der Waals surface area contributed by atoms with E-state index in [1.54, 1.807) is 7.11 Å². The van der Waals surface area contributed by atoms with Gasteiger partial charge >= 0.3 is 0 Å². The summed E-state index contributed by atoms with van der Waals surface area (Å²) in [5.41, 5.74) is 1.73.